The van der Waals surface area contributed by atoms with Crippen LogP contribution in [0.15, 0.2) is 12.2 Å². The molecule has 1 fully saturated rings. The molecule has 0 aromatic heterocycles. The van der Waals surface area contributed by atoms with Gasteiger partial charge in [0.1, 0.15) is 0 Å². The molecule has 0 amide bonds. The van der Waals surface area contributed by atoms with E-state index in [1.54, 1.807) is 0 Å². The van der Waals surface area contributed by atoms with Gasteiger partial charge < -0.3 is 31.3 Å². The summed E-state index contributed by atoms with van der Waals surface area (Å²) in [6, 6.07) is 0. The standard InChI is InChI=1S/C6H14N2.C4H4O4.Pt/c7-6(8)4-2-1-3-5-6;5-3(6)1-2-4(7)8;/h1-5,7-8H2;1-2H,(H,5,6)(H,7,8);/q;;+2/p-2. The summed E-state index contributed by atoms with van der Waals surface area (Å²) < 4.78 is 0. The van der Waals surface area contributed by atoms with Crippen LogP contribution in [0.5, 0.6) is 0 Å². The first-order valence-electron chi connectivity index (χ1n) is 5.01. The largest absolute Gasteiger partial charge is 2.00 e. The second-order valence-electron chi connectivity index (χ2n) is 3.77. The van der Waals surface area contributed by atoms with E-state index >= 15 is 0 Å². The molecule has 1 saturated carbocycles. The van der Waals surface area contributed by atoms with E-state index in [4.69, 9.17) is 11.5 Å². The third-order valence-corrected chi connectivity index (χ3v) is 2.14. The minimum atomic E-state index is -1.55. The molecule has 6 nitrogen and oxygen atoms in total. The average molecular weight is 423 g/mol. The quantitative estimate of drug-likeness (QED) is 0.376. The average Bonchev–Trinajstić information content (AvgIpc) is 2.15. The maximum absolute atomic E-state index is 9.41. The summed E-state index contributed by atoms with van der Waals surface area (Å²) in [6.07, 6.45) is 6.53. The Bertz CT molecular complexity index is 255. The summed E-state index contributed by atoms with van der Waals surface area (Å²) in [7, 11) is 0. The van der Waals surface area contributed by atoms with Crippen LogP contribution in [-0.2, 0) is 30.7 Å². The number of nitrogens with two attached hydrogens (primary N) is 2. The zero-order valence-corrected chi connectivity index (χ0v) is 11.6. The molecule has 0 spiro atoms. The van der Waals surface area contributed by atoms with Crippen LogP contribution >= 0.6 is 0 Å². The topological polar surface area (TPSA) is 132 Å². The Balaban J connectivity index is 0. The van der Waals surface area contributed by atoms with Crippen LogP contribution in [0.25, 0.3) is 0 Å². The Morgan fingerprint density at radius 1 is 0.941 bits per heavy atom. The fourth-order valence-corrected chi connectivity index (χ4v) is 1.35. The molecule has 0 unspecified atom stereocenters. The molecular formula is C10H16N2O4Pt. The third kappa shape index (κ3) is 13.2. The van der Waals surface area contributed by atoms with Crippen molar-refractivity contribution in [2.75, 3.05) is 0 Å². The van der Waals surface area contributed by atoms with Crippen molar-refractivity contribution in [3.05, 3.63) is 12.2 Å². The van der Waals surface area contributed by atoms with E-state index < -0.39 is 11.9 Å². The molecule has 1 rings (SSSR count). The van der Waals surface area contributed by atoms with Crippen LogP contribution in [0.4, 0.5) is 0 Å². The Morgan fingerprint density at radius 3 is 1.47 bits per heavy atom. The molecule has 0 bridgehead atoms. The van der Waals surface area contributed by atoms with Gasteiger partial charge in [-0.25, -0.2) is 0 Å². The van der Waals surface area contributed by atoms with Crippen molar-refractivity contribution < 1.29 is 40.9 Å². The number of aliphatic carboxylic acids is 2. The molecule has 0 aromatic carbocycles. The SMILES string of the molecule is NC1(N)CCCCC1.O=C([O-])C=CC(=O)[O-].[Pt+2]. The zero-order valence-electron chi connectivity index (χ0n) is 9.29. The number of hydrogen-bond acceptors (Lipinski definition) is 6. The summed E-state index contributed by atoms with van der Waals surface area (Å²) in [5, 5.41) is 18.8. The fourth-order valence-electron chi connectivity index (χ4n) is 1.35. The molecule has 0 radical (unpaired) electrons. The van der Waals surface area contributed by atoms with Gasteiger partial charge >= 0.3 is 21.1 Å². The van der Waals surface area contributed by atoms with Gasteiger partial charge in [-0.15, -0.1) is 0 Å². The van der Waals surface area contributed by atoms with Gasteiger partial charge in [0.2, 0.25) is 0 Å². The summed E-state index contributed by atoms with van der Waals surface area (Å²) in [5.74, 6) is -3.09. The van der Waals surface area contributed by atoms with E-state index in [0.29, 0.717) is 12.2 Å². The molecule has 0 saturated heterocycles. The van der Waals surface area contributed by atoms with Gasteiger partial charge in [0.05, 0.1) is 17.6 Å². The molecule has 4 N–H and O–H groups in total. The number of carbonyl (C=O) groups excluding carboxylic acids is 2. The van der Waals surface area contributed by atoms with Crippen LogP contribution in [-0.4, -0.2) is 17.6 Å². The second-order valence-corrected chi connectivity index (χ2v) is 3.77. The van der Waals surface area contributed by atoms with Crippen molar-refractivity contribution in [2.45, 2.75) is 37.8 Å². The number of carboxylic acids is 2. The third-order valence-electron chi connectivity index (χ3n) is 2.14. The first-order chi connectivity index (χ1) is 7.33. The van der Waals surface area contributed by atoms with Gasteiger partial charge in [-0.3, -0.25) is 0 Å². The monoisotopic (exact) mass is 423 g/mol. The zero-order chi connectivity index (χ0) is 12.6. The normalized spacial score (nSPS) is 17.5. The molecule has 1 aliphatic rings. The van der Waals surface area contributed by atoms with E-state index in [9.17, 15) is 19.8 Å². The van der Waals surface area contributed by atoms with Gasteiger partial charge in [-0.2, -0.15) is 0 Å². The Hall–Kier alpha value is -0.712. The predicted octanol–water partition coefficient (Wildman–Crippen LogP) is -2.40. The van der Waals surface area contributed by atoms with E-state index in [2.05, 4.69) is 0 Å². The summed E-state index contributed by atoms with van der Waals surface area (Å²) >= 11 is 0. The molecule has 0 aliphatic heterocycles. The van der Waals surface area contributed by atoms with Crippen molar-refractivity contribution in [3.63, 3.8) is 0 Å². The number of hydrogen-bond donors (Lipinski definition) is 2. The van der Waals surface area contributed by atoms with E-state index in [-0.39, 0.29) is 26.7 Å². The van der Waals surface area contributed by atoms with Gasteiger partial charge in [0.25, 0.3) is 0 Å². The number of rotatable bonds is 2. The van der Waals surface area contributed by atoms with Crippen LogP contribution in [0.2, 0.25) is 0 Å². The maximum Gasteiger partial charge on any atom is 2.00 e. The molecule has 0 heterocycles. The van der Waals surface area contributed by atoms with Crippen LogP contribution in [0.3, 0.4) is 0 Å². The van der Waals surface area contributed by atoms with E-state index in [1.807, 2.05) is 0 Å². The van der Waals surface area contributed by atoms with Crippen molar-refractivity contribution in [1.82, 2.24) is 0 Å². The summed E-state index contributed by atoms with van der Waals surface area (Å²) in [6.45, 7) is 0. The van der Waals surface area contributed by atoms with Gasteiger partial charge in [-0.1, -0.05) is 19.3 Å². The molecule has 1 aliphatic carbocycles. The Kier molecular flexibility index (Phi) is 10.2. The minimum absolute atomic E-state index is 0. The molecule has 100 valence electrons. The number of carboxylic acid groups (broad SMARTS) is 2. The van der Waals surface area contributed by atoms with Crippen LogP contribution < -0.4 is 21.7 Å². The van der Waals surface area contributed by atoms with Crippen molar-refractivity contribution >= 4 is 11.9 Å². The van der Waals surface area contributed by atoms with Crippen molar-refractivity contribution in [1.29, 1.82) is 0 Å². The Morgan fingerprint density at radius 2 is 1.29 bits per heavy atom. The predicted molar refractivity (Wildman–Crippen MR) is 53.3 cm³/mol. The molecule has 7 heteroatoms. The van der Waals surface area contributed by atoms with Crippen molar-refractivity contribution in [3.8, 4) is 0 Å². The van der Waals surface area contributed by atoms with E-state index in [0.717, 1.165) is 12.8 Å². The number of carbonyl (C=O) groups is 2. The van der Waals surface area contributed by atoms with Crippen LogP contribution in [0.1, 0.15) is 32.1 Å². The molecule has 17 heavy (non-hydrogen) atoms. The second kappa shape index (κ2) is 9.33. The minimum Gasteiger partial charge on any atom is -0.545 e. The molecule has 0 atom stereocenters. The fraction of sp³-hybridized carbons (Fsp3) is 0.600. The van der Waals surface area contributed by atoms with Gasteiger partial charge in [0.15, 0.2) is 0 Å². The van der Waals surface area contributed by atoms with E-state index in [1.165, 1.54) is 19.3 Å². The van der Waals surface area contributed by atoms with Crippen molar-refractivity contribution in [2.24, 2.45) is 11.5 Å². The van der Waals surface area contributed by atoms with Gasteiger partial charge in [-0.05, 0) is 25.0 Å². The summed E-state index contributed by atoms with van der Waals surface area (Å²) in [5.41, 5.74) is 11.0. The summed E-state index contributed by atoms with van der Waals surface area (Å²) in [4.78, 5) is 18.8. The first kappa shape index (κ1) is 18.6. The molecular weight excluding hydrogens is 407 g/mol. The molecule has 0 aromatic rings. The smallest absolute Gasteiger partial charge is 0.545 e. The first-order valence-corrected chi connectivity index (χ1v) is 5.01. The van der Waals surface area contributed by atoms with Gasteiger partial charge in [0, 0.05) is 0 Å². The maximum atomic E-state index is 9.41. The van der Waals surface area contributed by atoms with Crippen LogP contribution in [0, 0.1) is 0 Å². The Labute approximate surface area is 114 Å².